The number of pyridine rings is 1. The van der Waals surface area contributed by atoms with Crippen LogP contribution in [0.3, 0.4) is 0 Å². The lowest BCUT2D eigenvalue weighted by atomic mass is 10.1. The van der Waals surface area contributed by atoms with Crippen molar-refractivity contribution in [3.63, 3.8) is 0 Å². The second-order valence-corrected chi connectivity index (χ2v) is 6.05. The SMILES string of the molecule is COc1ccc(CSc2cc([N+](=O)[O-])c3cccnc3c2O)cc1. The highest BCUT2D eigenvalue weighted by atomic mass is 32.2. The van der Waals surface area contributed by atoms with Gasteiger partial charge >= 0.3 is 0 Å². The number of aromatic hydroxyl groups is 1. The van der Waals surface area contributed by atoms with Crippen molar-refractivity contribution in [2.24, 2.45) is 0 Å². The number of fused-ring (bicyclic) bond motifs is 1. The van der Waals surface area contributed by atoms with Crippen LogP contribution in [0.25, 0.3) is 10.9 Å². The van der Waals surface area contributed by atoms with Crippen LogP contribution in [0.5, 0.6) is 11.5 Å². The molecule has 0 amide bonds. The van der Waals surface area contributed by atoms with E-state index in [-0.39, 0.29) is 17.0 Å². The monoisotopic (exact) mass is 342 g/mol. The first kappa shape index (κ1) is 16.1. The van der Waals surface area contributed by atoms with Crippen molar-refractivity contribution in [2.75, 3.05) is 7.11 Å². The van der Waals surface area contributed by atoms with Crippen molar-refractivity contribution in [2.45, 2.75) is 10.6 Å². The minimum Gasteiger partial charge on any atom is -0.505 e. The fraction of sp³-hybridized carbons (Fsp3) is 0.118. The average Bonchev–Trinajstić information content (AvgIpc) is 2.61. The zero-order chi connectivity index (χ0) is 17.1. The number of aromatic nitrogens is 1. The predicted molar refractivity (Wildman–Crippen MR) is 92.6 cm³/mol. The summed E-state index contributed by atoms with van der Waals surface area (Å²) >= 11 is 1.32. The molecule has 122 valence electrons. The van der Waals surface area contributed by atoms with Gasteiger partial charge in [0.15, 0.2) is 5.75 Å². The van der Waals surface area contributed by atoms with Gasteiger partial charge in [0, 0.05) is 18.0 Å². The van der Waals surface area contributed by atoms with E-state index in [0.29, 0.717) is 16.0 Å². The van der Waals surface area contributed by atoms with Gasteiger partial charge in [0.1, 0.15) is 11.3 Å². The number of ether oxygens (including phenoxy) is 1. The summed E-state index contributed by atoms with van der Waals surface area (Å²) in [6, 6.07) is 12.1. The van der Waals surface area contributed by atoms with Gasteiger partial charge in [-0.15, -0.1) is 11.8 Å². The van der Waals surface area contributed by atoms with Crippen LogP contribution in [0.4, 0.5) is 5.69 Å². The lowest BCUT2D eigenvalue weighted by Gasteiger charge is -2.08. The third kappa shape index (κ3) is 3.11. The normalized spacial score (nSPS) is 10.7. The maximum atomic E-state index is 11.3. The molecule has 3 aromatic rings. The number of methoxy groups -OCH3 is 1. The maximum Gasteiger partial charge on any atom is 0.280 e. The number of phenols is 1. The summed E-state index contributed by atoms with van der Waals surface area (Å²) in [7, 11) is 1.60. The summed E-state index contributed by atoms with van der Waals surface area (Å²) in [6.45, 7) is 0. The molecule has 0 bridgehead atoms. The van der Waals surface area contributed by atoms with E-state index in [1.54, 1.807) is 19.2 Å². The molecule has 3 rings (SSSR count). The molecule has 2 aromatic carbocycles. The van der Waals surface area contributed by atoms with Gasteiger partial charge in [0.05, 0.1) is 22.3 Å². The standard InChI is InChI=1S/C17H14N2O4S/c1-23-12-6-4-11(5-7-12)10-24-15-9-14(19(21)22)13-3-2-8-18-16(13)17(15)20/h2-9,20H,10H2,1H3. The Kier molecular flexibility index (Phi) is 4.52. The topological polar surface area (TPSA) is 85.5 Å². The first-order chi connectivity index (χ1) is 11.6. The number of nitrogens with zero attached hydrogens (tertiary/aromatic N) is 2. The summed E-state index contributed by atoms with van der Waals surface area (Å²) in [5.41, 5.74) is 1.20. The van der Waals surface area contributed by atoms with Gasteiger partial charge in [-0.3, -0.25) is 15.1 Å². The number of nitro groups is 1. The number of phenolic OH excluding ortho intramolecular Hbond substituents is 1. The molecule has 7 heteroatoms. The minimum atomic E-state index is -0.457. The van der Waals surface area contributed by atoms with Crippen LogP contribution in [0.1, 0.15) is 5.56 Å². The van der Waals surface area contributed by atoms with Crippen LogP contribution >= 0.6 is 11.8 Å². The van der Waals surface area contributed by atoms with E-state index in [4.69, 9.17) is 4.74 Å². The maximum absolute atomic E-state index is 11.3. The van der Waals surface area contributed by atoms with Crippen LogP contribution in [0.2, 0.25) is 0 Å². The molecule has 1 aromatic heterocycles. The third-order valence-corrected chi connectivity index (χ3v) is 4.66. The van der Waals surface area contributed by atoms with Crippen molar-refractivity contribution in [3.05, 3.63) is 64.3 Å². The van der Waals surface area contributed by atoms with Crippen LogP contribution in [0.15, 0.2) is 53.6 Å². The minimum absolute atomic E-state index is 0.0327. The van der Waals surface area contributed by atoms with Gasteiger partial charge < -0.3 is 9.84 Å². The zero-order valence-corrected chi connectivity index (χ0v) is 13.6. The summed E-state index contributed by atoms with van der Waals surface area (Å²) in [4.78, 5) is 15.4. The number of benzene rings is 2. The number of hydrogen-bond acceptors (Lipinski definition) is 6. The summed E-state index contributed by atoms with van der Waals surface area (Å²) < 4.78 is 5.11. The molecular formula is C17H14N2O4S. The molecule has 0 atom stereocenters. The fourth-order valence-corrected chi connectivity index (χ4v) is 3.27. The number of thioether (sulfide) groups is 1. The van der Waals surface area contributed by atoms with Crippen LogP contribution in [-0.4, -0.2) is 22.1 Å². The Balaban J connectivity index is 1.93. The molecule has 0 aliphatic rings. The first-order valence-electron chi connectivity index (χ1n) is 7.11. The second-order valence-electron chi connectivity index (χ2n) is 5.04. The lowest BCUT2D eigenvalue weighted by molar-refractivity contribution is -0.383. The number of non-ortho nitro benzene ring substituents is 1. The molecule has 0 fully saturated rings. The Hall–Kier alpha value is -2.80. The van der Waals surface area contributed by atoms with E-state index in [2.05, 4.69) is 4.98 Å². The van der Waals surface area contributed by atoms with E-state index >= 15 is 0 Å². The first-order valence-corrected chi connectivity index (χ1v) is 8.09. The fourth-order valence-electron chi connectivity index (χ4n) is 2.33. The molecule has 0 spiro atoms. The van der Waals surface area contributed by atoms with E-state index < -0.39 is 4.92 Å². The van der Waals surface area contributed by atoms with Crippen LogP contribution in [-0.2, 0) is 5.75 Å². The summed E-state index contributed by atoms with van der Waals surface area (Å²) in [6.07, 6.45) is 1.50. The third-order valence-electron chi connectivity index (χ3n) is 3.56. The average molecular weight is 342 g/mol. The molecule has 1 heterocycles. The van der Waals surface area contributed by atoms with Crippen molar-refractivity contribution in [3.8, 4) is 11.5 Å². The van der Waals surface area contributed by atoms with E-state index in [0.717, 1.165) is 11.3 Å². The van der Waals surface area contributed by atoms with Crippen LogP contribution in [0, 0.1) is 10.1 Å². The Morgan fingerprint density at radius 3 is 2.71 bits per heavy atom. The van der Waals surface area contributed by atoms with E-state index in [1.165, 1.54) is 24.0 Å². The molecule has 0 unspecified atom stereocenters. The van der Waals surface area contributed by atoms with Crippen molar-refractivity contribution in [1.82, 2.24) is 4.98 Å². The number of rotatable bonds is 5. The number of hydrogen-bond donors (Lipinski definition) is 1. The second kappa shape index (κ2) is 6.76. The zero-order valence-electron chi connectivity index (χ0n) is 12.8. The van der Waals surface area contributed by atoms with Gasteiger partial charge in [-0.1, -0.05) is 12.1 Å². The molecule has 6 nitrogen and oxygen atoms in total. The van der Waals surface area contributed by atoms with E-state index in [9.17, 15) is 15.2 Å². The highest BCUT2D eigenvalue weighted by Gasteiger charge is 2.19. The lowest BCUT2D eigenvalue weighted by Crippen LogP contribution is -1.93. The Morgan fingerprint density at radius 1 is 1.29 bits per heavy atom. The Bertz CT molecular complexity index is 897. The molecule has 0 aliphatic carbocycles. The largest absolute Gasteiger partial charge is 0.505 e. The molecule has 0 radical (unpaired) electrons. The van der Waals surface area contributed by atoms with Crippen molar-refractivity contribution in [1.29, 1.82) is 0 Å². The summed E-state index contributed by atoms with van der Waals surface area (Å²) in [5, 5.41) is 22.0. The van der Waals surface area contributed by atoms with Gasteiger partial charge in [-0.25, -0.2) is 0 Å². The van der Waals surface area contributed by atoms with Gasteiger partial charge in [0.2, 0.25) is 0 Å². The van der Waals surface area contributed by atoms with Crippen molar-refractivity contribution < 1.29 is 14.8 Å². The molecule has 24 heavy (non-hydrogen) atoms. The Morgan fingerprint density at radius 2 is 2.04 bits per heavy atom. The highest BCUT2D eigenvalue weighted by molar-refractivity contribution is 7.98. The number of nitro benzene ring substituents is 1. The smallest absolute Gasteiger partial charge is 0.280 e. The molecule has 0 saturated heterocycles. The Labute approximate surface area is 142 Å². The molecular weight excluding hydrogens is 328 g/mol. The molecule has 1 N–H and O–H groups in total. The van der Waals surface area contributed by atoms with E-state index in [1.807, 2.05) is 24.3 Å². The van der Waals surface area contributed by atoms with Crippen molar-refractivity contribution >= 4 is 28.4 Å². The highest BCUT2D eigenvalue weighted by Crippen LogP contribution is 2.40. The summed E-state index contributed by atoms with van der Waals surface area (Å²) in [5.74, 6) is 1.29. The molecule has 0 saturated carbocycles. The quantitative estimate of drug-likeness (QED) is 0.426. The van der Waals surface area contributed by atoms with Crippen LogP contribution < -0.4 is 4.74 Å². The predicted octanol–water partition coefficient (Wildman–Crippen LogP) is 4.15. The van der Waals surface area contributed by atoms with Gasteiger partial charge in [0.25, 0.3) is 5.69 Å². The van der Waals surface area contributed by atoms with Gasteiger partial charge in [-0.05, 0) is 29.8 Å². The molecule has 0 aliphatic heterocycles. The van der Waals surface area contributed by atoms with Gasteiger partial charge in [-0.2, -0.15) is 0 Å².